The number of aromatic nitrogens is 2. The minimum atomic E-state index is -2.30. The van der Waals surface area contributed by atoms with Gasteiger partial charge in [0.2, 0.25) is 11.7 Å². The molecule has 1 heterocycles. The van der Waals surface area contributed by atoms with Crippen molar-refractivity contribution in [3.8, 4) is 0 Å². The minimum Gasteiger partial charge on any atom is -0.331 e. The summed E-state index contributed by atoms with van der Waals surface area (Å²) in [5.41, 5.74) is -0.684. The number of carbonyl (C=O) groups is 1. The van der Waals surface area contributed by atoms with Crippen LogP contribution in [0.2, 0.25) is 0 Å². The molecule has 0 aliphatic rings. The first-order chi connectivity index (χ1) is 16.3. The largest absolute Gasteiger partial charge is 0.331 e. The molecular weight excluding hydrogens is 457 g/mol. The monoisotopic (exact) mass is 473 g/mol. The number of rotatable bonds is 6. The SMILES string of the molecule is O=C(Cc1c(F)c(F)c(F)c(F)c1F)N(Cc1ccccc1)Cc1nc2ccccc2c(=O)[nH]1. The maximum Gasteiger partial charge on any atom is 0.258 e. The number of para-hydroxylation sites is 1. The van der Waals surface area contributed by atoms with Gasteiger partial charge in [-0.05, 0) is 17.7 Å². The van der Waals surface area contributed by atoms with Gasteiger partial charge in [0.25, 0.3) is 5.56 Å². The third-order valence-corrected chi connectivity index (χ3v) is 5.20. The molecule has 0 saturated carbocycles. The summed E-state index contributed by atoms with van der Waals surface area (Å²) in [5, 5.41) is 0.327. The lowest BCUT2D eigenvalue weighted by atomic mass is 10.1. The van der Waals surface area contributed by atoms with Gasteiger partial charge >= 0.3 is 0 Å². The maximum absolute atomic E-state index is 14.2. The molecule has 0 radical (unpaired) electrons. The molecule has 174 valence electrons. The average molecular weight is 473 g/mol. The van der Waals surface area contributed by atoms with E-state index in [0.29, 0.717) is 16.5 Å². The summed E-state index contributed by atoms with van der Waals surface area (Å²) in [5.74, 6) is -11.5. The maximum atomic E-state index is 14.2. The van der Waals surface area contributed by atoms with E-state index in [1.807, 2.05) is 0 Å². The lowest BCUT2D eigenvalue weighted by Gasteiger charge is -2.23. The summed E-state index contributed by atoms with van der Waals surface area (Å²) in [6.45, 7) is -0.338. The molecule has 3 aromatic carbocycles. The van der Waals surface area contributed by atoms with Gasteiger partial charge in [-0.2, -0.15) is 0 Å². The standard InChI is InChI=1S/C24H16F5N3O2/c25-19-15(20(26)22(28)23(29)21(19)27)10-18(33)32(11-13-6-2-1-3-7-13)12-17-30-16-9-5-4-8-14(16)24(34)31-17/h1-9H,10-12H2,(H,30,31,34). The number of fused-ring (bicyclic) bond motifs is 1. The fourth-order valence-electron chi connectivity index (χ4n) is 3.50. The van der Waals surface area contributed by atoms with Crippen LogP contribution < -0.4 is 5.56 Å². The molecule has 1 aromatic heterocycles. The van der Waals surface area contributed by atoms with E-state index in [2.05, 4.69) is 9.97 Å². The van der Waals surface area contributed by atoms with Crippen LogP contribution in [0.5, 0.6) is 0 Å². The Morgan fingerprint density at radius 2 is 1.38 bits per heavy atom. The van der Waals surface area contributed by atoms with Gasteiger partial charge in [-0.25, -0.2) is 26.9 Å². The van der Waals surface area contributed by atoms with Crippen LogP contribution in [0.3, 0.4) is 0 Å². The smallest absolute Gasteiger partial charge is 0.258 e. The molecule has 0 atom stereocenters. The summed E-state index contributed by atoms with van der Waals surface area (Å²) >= 11 is 0. The number of nitrogens with one attached hydrogen (secondary N) is 1. The zero-order valence-electron chi connectivity index (χ0n) is 17.4. The highest BCUT2D eigenvalue weighted by Gasteiger charge is 2.28. The third kappa shape index (κ3) is 4.52. The van der Waals surface area contributed by atoms with Crippen LogP contribution in [0, 0.1) is 29.1 Å². The molecule has 0 saturated heterocycles. The van der Waals surface area contributed by atoms with Gasteiger partial charge in [-0.1, -0.05) is 42.5 Å². The Labute approximate surface area is 189 Å². The van der Waals surface area contributed by atoms with Crippen molar-refractivity contribution in [1.29, 1.82) is 0 Å². The molecule has 0 aliphatic carbocycles. The highest BCUT2D eigenvalue weighted by molar-refractivity contribution is 5.79. The van der Waals surface area contributed by atoms with E-state index in [1.165, 1.54) is 0 Å². The predicted molar refractivity (Wildman–Crippen MR) is 113 cm³/mol. The Kier molecular flexibility index (Phi) is 6.40. The summed E-state index contributed by atoms with van der Waals surface area (Å²) in [7, 11) is 0. The van der Waals surface area contributed by atoms with Gasteiger partial charge in [-0.15, -0.1) is 0 Å². The number of carbonyl (C=O) groups excluding carboxylic acids is 1. The molecule has 1 amide bonds. The second kappa shape index (κ2) is 9.42. The minimum absolute atomic E-state index is 0.0639. The number of benzene rings is 3. The van der Waals surface area contributed by atoms with Crippen LogP contribution in [-0.4, -0.2) is 20.8 Å². The molecule has 4 aromatic rings. The van der Waals surface area contributed by atoms with Gasteiger partial charge in [0.05, 0.1) is 23.9 Å². The Bertz CT molecular complexity index is 1410. The van der Waals surface area contributed by atoms with Gasteiger partial charge in [0, 0.05) is 12.1 Å². The van der Waals surface area contributed by atoms with Crippen molar-refractivity contribution in [2.75, 3.05) is 0 Å². The highest BCUT2D eigenvalue weighted by Crippen LogP contribution is 2.24. The van der Waals surface area contributed by atoms with Crippen molar-refractivity contribution in [1.82, 2.24) is 14.9 Å². The average Bonchev–Trinajstić information content (AvgIpc) is 2.84. The molecule has 4 rings (SSSR count). The first kappa shape index (κ1) is 23.1. The second-order valence-corrected chi connectivity index (χ2v) is 7.49. The van der Waals surface area contributed by atoms with Gasteiger partial charge in [0.15, 0.2) is 23.3 Å². The van der Waals surface area contributed by atoms with Crippen molar-refractivity contribution in [3.05, 3.63) is 111 Å². The van der Waals surface area contributed by atoms with Crippen molar-refractivity contribution >= 4 is 16.8 Å². The number of hydrogen-bond donors (Lipinski definition) is 1. The first-order valence-corrected chi connectivity index (χ1v) is 10.1. The molecule has 0 spiro atoms. The number of amides is 1. The summed E-state index contributed by atoms with van der Waals surface area (Å²) in [6, 6.07) is 15.0. The number of H-pyrrole nitrogens is 1. The second-order valence-electron chi connectivity index (χ2n) is 7.49. The molecule has 10 heteroatoms. The van der Waals surface area contributed by atoms with Crippen LogP contribution >= 0.6 is 0 Å². The molecule has 34 heavy (non-hydrogen) atoms. The Morgan fingerprint density at radius 3 is 2.06 bits per heavy atom. The number of hydrogen-bond acceptors (Lipinski definition) is 3. The van der Waals surface area contributed by atoms with E-state index in [0.717, 1.165) is 4.90 Å². The Morgan fingerprint density at radius 1 is 0.794 bits per heavy atom. The van der Waals surface area contributed by atoms with Crippen LogP contribution in [0.25, 0.3) is 10.9 Å². The topological polar surface area (TPSA) is 66.1 Å². The van der Waals surface area contributed by atoms with E-state index in [4.69, 9.17) is 0 Å². The van der Waals surface area contributed by atoms with Gasteiger partial charge in [-0.3, -0.25) is 9.59 Å². The van der Waals surface area contributed by atoms with E-state index >= 15 is 0 Å². The zero-order chi connectivity index (χ0) is 24.4. The summed E-state index contributed by atoms with van der Waals surface area (Å²) < 4.78 is 68.9. The van der Waals surface area contributed by atoms with Gasteiger partial charge in [0.1, 0.15) is 5.82 Å². The Balaban J connectivity index is 1.70. The molecule has 0 aliphatic heterocycles. The highest BCUT2D eigenvalue weighted by atomic mass is 19.2. The summed E-state index contributed by atoms with van der Waals surface area (Å²) in [4.78, 5) is 33.4. The zero-order valence-corrected chi connectivity index (χ0v) is 17.4. The van der Waals surface area contributed by atoms with Crippen LogP contribution in [0.15, 0.2) is 59.4 Å². The van der Waals surface area contributed by atoms with E-state index in [9.17, 15) is 31.5 Å². The van der Waals surface area contributed by atoms with Crippen molar-refractivity contribution in [2.45, 2.75) is 19.5 Å². The number of nitrogens with zero attached hydrogens (tertiary/aromatic N) is 2. The van der Waals surface area contributed by atoms with Crippen molar-refractivity contribution in [3.63, 3.8) is 0 Å². The molecule has 0 unspecified atom stereocenters. The Hall–Kier alpha value is -4.08. The molecular formula is C24H16F5N3O2. The van der Waals surface area contributed by atoms with E-state index < -0.39 is 52.5 Å². The molecule has 5 nitrogen and oxygen atoms in total. The quantitative estimate of drug-likeness (QED) is 0.257. The van der Waals surface area contributed by atoms with Crippen molar-refractivity contribution in [2.24, 2.45) is 0 Å². The number of halogens is 5. The third-order valence-electron chi connectivity index (χ3n) is 5.20. The summed E-state index contributed by atoms with van der Waals surface area (Å²) in [6.07, 6.45) is -1.09. The van der Waals surface area contributed by atoms with E-state index in [1.54, 1.807) is 54.6 Å². The lowest BCUT2D eigenvalue weighted by Crippen LogP contribution is -2.33. The molecule has 0 fully saturated rings. The lowest BCUT2D eigenvalue weighted by molar-refractivity contribution is -0.132. The van der Waals surface area contributed by atoms with Crippen LogP contribution in [0.4, 0.5) is 22.0 Å². The fraction of sp³-hybridized carbons (Fsp3) is 0.125. The van der Waals surface area contributed by atoms with Crippen molar-refractivity contribution < 1.29 is 26.7 Å². The molecule has 1 N–H and O–H groups in total. The van der Waals surface area contributed by atoms with Crippen LogP contribution in [-0.2, 0) is 24.3 Å². The fourth-order valence-corrected chi connectivity index (χ4v) is 3.50. The first-order valence-electron chi connectivity index (χ1n) is 10.1. The normalized spacial score (nSPS) is 11.1. The molecule has 0 bridgehead atoms. The van der Waals surface area contributed by atoms with Gasteiger partial charge < -0.3 is 9.88 Å². The number of aromatic amines is 1. The predicted octanol–water partition coefficient (Wildman–Crippen LogP) is 4.39. The van der Waals surface area contributed by atoms with Crippen LogP contribution in [0.1, 0.15) is 17.0 Å². The van der Waals surface area contributed by atoms with E-state index in [-0.39, 0.29) is 18.9 Å².